The molecule has 0 bridgehead atoms. The number of nitrogens with one attached hydrogen (secondary N) is 4. The molecule has 0 saturated carbocycles. The number of aromatic amines is 2. The molecule has 0 unspecified atom stereocenters. The van der Waals surface area contributed by atoms with Crippen molar-refractivity contribution in [1.29, 1.82) is 0 Å². The summed E-state index contributed by atoms with van der Waals surface area (Å²) in [5, 5.41) is 8.37. The van der Waals surface area contributed by atoms with Crippen LogP contribution in [0.2, 0.25) is 0 Å². The van der Waals surface area contributed by atoms with Crippen molar-refractivity contribution in [2.24, 2.45) is 11.8 Å². The highest BCUT2D eigenvalue weighted by Crippen LogP contribution is 2.36. The number of hydrogen-bond donors (Lipinski definition) is 4. The molecule has 2 fully saturated rings. The molecule has 31 heavy (non-hydrogen) atoms. The number of H-pyrrole nitrogens is 2. The smallest absolute Gasteiger partial charge is 0.124 e. The fourth-order valence-electron chi connectivity index (χ4n) is 4.86. The molecule has 6 rings (SSSR count). The molecule has 4 N–H and O–H groups in total. The monoisotopic (exact) mass is 432 g/mol. The van der Waals surface area contributed by atoms with E-state index in [1.807, 2.05) is 12.4 Å². The minimum atomic E-state index is 0.340. The van der Waals surface area contributed by atoms with Crippen molar-refractivity contribution in [2.75, 3.05) is 13.1 Å². The molecule has 0 amide bonds. The van der Waals surface area contributed by atoms with E-state index >= 15 is 0 Å². The van der Waals surface area contributed by atoms with Crippen molar-refractivity contribution in [3.63, 3.8) is 0 Å². The Morgan fingerprint density at radius 1 is 0.839 bits per heavy atom. The highest BCUT2D eigenvalue weighted by molar-refractivity contribution is 7.22. The fraction of sp³-hybridized carbons (Fsp3) is 0.417. The van der Waals surface area contributed by atoms with Crippen LogP contribution in [-0.4, -0.2) is 33.0 Å². The highest BCUT2D eigenvalue weighted by Gasteiger charge is 2.25. The molecule has 160 valence electrons. The number of thiophene rings is 1. The van der Waals surface area contributed by atoms with E-state index < -0.39 is 0 Å². The van der Waals surface area contributed by atoms with Crippen LogP contribution in [0.25, 0.3) is 31.9 Å². The van der Waals surface area contributed by atoms with E-state index in [4.69, 9.17) is 9.97 Å². The second kappa shape index (κ2) is 7.58. The van der Waals surface area contributed by atoms with E-state index in [1.54, 1.807) is 11.3 Å². The molecule has 4 atom stereocenters. The molecule has 2 aliphatic heterocycles. The largest absolute Gasteiger partial charge is 0.347 e. The number of aromatic nitrogens is 4. The average molecular weight is 433 g/mol. The summed E-state index contributed by atoms with van der Waals surface area (Å²) in [5.74, 6) is 3.51. The number of benzene rings is 1. The normalized spacial score (nSPS) is 26.3. The van der Waals surface area contributed by atoms with Gasteiger partial charge in [0.25, 0.3) is 0 Å². The lowest BCUT2D eigenvalue weighted by Gasteiger charge is -2.05. The van der Waals surface area contributed by atoms with Gasteiger partial charge in [0.15, 0.2) is 0 Å². The molecular weight excluding hydrogens is 404 g/mol. The van der Waals surface area contributed by atoms with Gasteiger partial charge in [-0.15, -0.1) is 11.3 Å². The van der Waals surface area contributed by atoms with Crippen molar-refractivity contribution in [1.82, 2.24) is 30.6 Å². The summed E-state index contributed by atoms with van der Waals surface area (Å²) < 4.78 is 1.27. The lowest BCUT2D eigenvalue weighted by Crippen LogP contribution is -2.14. The van der Waals surface area contributed by atoms with Gasteiger partial charge in [0.1, 0.15) is 11.6 Å². The Morgan fingerprint density at radius 3 is 2.13 bits per heavy atom. The van der Waals surface area contributed by atoms with Crippen molar-refractivity contribution < 1.29 is 0 Å². The number of fused-ring (bicyclic) bond motifs is 1. The van der Waals surface area contributed by atoms with Crippen LogP contribution < -0.4 is 10.6 Å². The van der Waals surface area contributed by atoms with E-state index in [-0.39, 0.29) is 0 Å². The quantitative estimate of drug-likeness (QED) is 0.365. The lowest BCUT2D eigenvalue weighted by molar-refractivity contribution is 0.588. The SMILES string of the molecule is C[C@@H]1CN[C@H](c2nc(-c3ccc4cc(-c5c[nH]c([C@@H]6C[C@H](C)CN6)n5)sc4c3)c[nH]2)C1. The van der Waals surface area contributed by atoms with Crippen molar-refractivity contribution >= 4 is 21.4 Å². The first-order valence-electron chi connectivity index (χ1n) is 11.2. The van der Waals surface area contributed by atoms with Gasteiger partial charge in [-0.25, -0.2) is 9.97 Å². The first kappa shape index (κ1) is 19.2. The van der Waals surface area contributed by atoms with Gasteiger partial charge in [-0.05, 0) is 55.3 Å². The topological polar surface area (TPSA) is 81.4 Å². The van der Waals surface area contributed by atoms with Gasteiger partial charge in [0, 0.05) is 22.7 Å². The van der Waals surface area contributed by atoms with Gasteiger partial charge in [-0.3, -0.25) is 0 Å². The maximum Gasteiger partial charge on any atom is 0.124 e. The Labute approximate surface area is 185 Å². The Kier molecular flexibility index (Phi) is 4.70. The van der Waals surface area contributed by atoms with Gasteiger partial charge in [-0.2, -0.15) is 0 Å². The minimum absolute atomic E-state index is 0.340. The predicted molar refractivity (Wildman–Crippen MR) is 126 cm³/mol. The second-order valence-electron chi connectivity index (χ2n) is 9.31. The number of hydrogen-bond acceptors (Lipinski definition) is 5. The first-order valence-corrected chi connectivity index (χ1v) is 12.1. The third kappa shape index (κ3) is 3.60. The zero-order chi connectivity index (χ0) is 20.9. The van der Waals surface area contributed by atoms with E-state index in [0.717, 1.165) is 54.5 Å². The van der Waals surface area contributed by atoms with Crippen molar-refractivity contribution in [3.8, 4) is 21.8 Å². The molecule has 5 heterocycles. The van der Waals surface area contributed by atoms with Crippen LogP contribution in [0.1, 0.15) is 50.4 Å². The third-order valence-electron chi connectivity index (χ3n) is 6.63. The fourth-order valence-corrected chi connectivity index (χ4v) is 5.93. The van der Waals surface area contributed by atoms with Crippen molar-refractivity contribution in [2.45, 2.75) is 38.8 Å². The molecule has 7 heteroatoms. The number of rotatable bonds is 4. The van der Waals surface area contributed by atoms with E-state index in [0.29, 0.717) is 23.9 Å². The Hall–Kier alpha value is -2.48. The summed E-state index contributed by atoms with van der Waals surface area (Å²) >= 11 is 1.79. The maximum absolute atomic E-state index is 4.89. The summed E-state index contributed by atoms with van der Waals surface area (Å²) in [6.07, 6.45) is 6.36. The minimum Gasteiger partial charge on any atom is -0.347 e. The maximum atomic E-state index is 4.89. The van der Waals surface area contributed by atoms with Crippen LogP contribution in [-0.2, 0) is 0 Å². The molecule has 6 nitrogen and oxygen atoms in total. The predicted octanol–water partition coefficient (Wildman–Crippen LogP) is 5.02. The number of imidazole rings is 2. The van der Waals surface area contributed by atoms with Crippen LogP contribution >= 0.6 is 11.3 Å². The number of nitrogens with zero attached hydrogens (tertiary/aromatic N) is 2. The molecule has 0 spiro atoms. The molecule has 2 aliphatic rings. The van der Waals surface area contributed by atoms with Crippen molar-refractivity contribution in [3.05, 3.63) is 48.3 Å². The van der Waals surface area contributed by atoms with Gasteiger partial charge in [-0.1, -0.05) is 26.0 Å². The Bertz CT molecular complexity index is 1160. The molecule has 1 aromatic carbocycles. The third-order valence-corrected chi connectivity index (χ3v) is 7.75. The van der Waals surface area contributed by atoms with Crippen LogP contribution in [0.3, 0.4) is 0 Å². The molecular formula is C24H28N6S. The summed E-state index contributed by atoms with van der Waals surface area (Å²) in [5.41, 5.74) is 3.19. The summed E-state index contributed by atoms with van der Waals surface area (Å²) in [7, 11) is 0. The highest BCUT2D eigenvalue weighted by atomic mass is 32.1. The Morgan fingerprint density at radius 2 is 1.48 bits per heavy atom. The Balaban J connectivity index is 1.26. The van der Waals surface area contributed by atoms with E-state index in [2.05, 4.69) is 58.7 Å². The van der Waals surface area contributed by atoms with E-state index in [1.165, 1.54) is 15.0 Å². The molecule has 2 saturated heterocycles. The van der Waals surface area contributed by atoms with Gasteiger partial charge in [0.2, 0.25) is 0 Å². The van der Waals surface area contributed by atoms with E-state index in [9.17, 15) is 0 Å². The second-order valence-corrected chi connectivity index (χ2v) is 10.4. The van der Waals surface area contributed by atoms with Crippen LogP contribution in [0.15, 0.2) is 36.7 Å². The molecule has 0 aliphatic carbocycles. The van der Waals surface area contributed by atoms with Gasteiger partial charge >= 0.3 is 0 Å². The van der Waals surface area contributed by atoms with Gasteiger partial charge in [0.05, 0.1) is 28.3 Å². The zero-order valence-electron chi connectivity index (χ0n) is 17.9. The first-order chi connectivity index (χ1) is 15.1. The summed E-state index contributed by atoms with van der Waals surface area (Å²) in [4.78, 5) is 17.8. The van der Waals surface area contributed by atoms with Crippen LogP contribution in [0.5, 0.6) is 0 Å². The zero-order valence-corrected chi connectivity index (χ0v) is 18.7. The molecule has 3 aromatic heterocycles. The molecule has 4 aromatic rings. The lowest BCUT2D eigenvalue weighted by atomic mass is 10.1. The molecule has 0 radical (unpaired) electrons. The van der Waals surface area contributed by atoms with Crippen LogP contribution in [0, 0.1) is 11.8 Å². The summed E-state index contributed by atoms with van der Waals surface area (Å²) in [6, 6.07) is 9.55. The van der Waals surface area contributed by atoms with Gasteiger partial charge < -0.3 is 20.6 Å². The average Bonchev–Trinajstić information content (AvgIpc) is 3.56. The van der Waals surface area contributed by atoms with Crippen LogP contribution in [0.4, 0.5) is 0 Å². The summed E-state index contributed by atoms with van der Waals surface area (Å²) in [6.45, 7) is 6.70. The standard InChI is InChI=1S/C24H28N6S/c1-13-5-17(25-9-13)23-27-11-19(29-23)15-3-4-16-8-22(31-21(16)7-15)20-12-28-24(30-20)18-6-14(2)10-26-18/h3-4,7-8,11-14,17-18,25-26H,5-6,9-10H2,1-2H3,(H,27,29)(H,28,30)/t13-,14-,17-,18-/m0/s1.